The third-order valence-corrected chi connectivity index (χ3v) is 4.94. The van der Waals surface area contributed by atoms with Gasteiger partial charge in [0.25, 0.3) is 5.91 Å². The lowest BCUT2D eigenvalue weighted by atomic mass is 10.0. The number of rotatable bonds is 4. The van der Waals surface area contributed by atoms with Crippen molar-refractivity contribution in [2.24, 2.45) is 0 Å². The predicted molar refractivity (Wildman–Crippen MR) is 92.4 cm³/mol. The fourth-order valence-electron chi connectivity index (χ4n) is 3.41. The highest BCUT2D eigenvalue weighted by Crippen LogP contribution is 2.16. The van der Waals surface area contributed by atoms with Crippen molar-refractivity contribution in [3.05, 3.63) is 24.2 Å². The first kappa shape index (κ1) is 17.8. The van der Waals surface area contributed by atoms with Gasteiger partial charge in [-0.2, -0.15) is 0 Å². The van der Waals surface area contributed by atoms with Crippen LogP contribution in [-0.4, -0.2) is 67.2 Å². The lowest BCUT2D eigenvalue weighted by Crippen LogP contribution is -2.50. The fraction of sp³-hybridized carbons (Fsp3) is 0.667. The maximum absolute atomic E-state index is 12.4. The molecule has 2 saturated heterocycles. The first-order valence-electron chi connectivity index (χ1n) is 9.09. The normalized spacial score (nSPS) is 21.8. The number of hydrogen-bond donors (Lipinski definition) is 1. The van der Waals surface area contributed by atoms with Crippen molar-refractivity contribution in [3.63, 3.8) is 0 Å². The minimum atomic E-state index is -0.0821. The number of nitrogens with one attached hydrogen (secondary N) is 1. The van der Waals surface area contributed by atoms with E-state index in [0.717, 1.165) is 32.3 Å². The van der Waals surface area contributed by atoms with Crippen LogP contribution in [0.15, 0.2) is 22.8 Å². The third-order valence-electron chi connectivity index (χ3n) is 4.94. The van der Waals surface area contributed by atoms with E-state index < -0.39 is 0 Å². The molecule has 1 N–H and O–H groups in total. The molecule has 7 nitrogen and oxygen atoms in total. The van der Waals surface area contributed by atoms with Crippen molar-refractivity contribution in [1.29, 1.82) is 0 Å². The largest absolute Gasteiger partial charge is 0.459 e. The summed E-state index contributed by atoms with van der Waals surface area (Å²) >= 11 is 0. The average molecular weight is 349 g/mol. The second-order valence-electron chi connectivity index (χ2n) is 6.86. The zero-order chi connectivity index (χ0) is 17.6. The molecule has 1 atom stereocenters. The van der Waals surface area contributed by atoms with Crippen LogP contribution in [0.4, 0.5) is 4.79 Å². The van der Waals surface area contributed by atoms with Crippen LogP contribution in [0.2, 0.25) is 0 Å². The summed E-state index contributed by atoms with van der Waals surface area (Å²) in [7, 11) is 1.81. The minimum Gasteiger partial charge on any atom is -0.459 e. The van der Waals surface area contributed by atoms with E-state index in [1.54, 1.807) is 21.9 Å². The van der Waals surface area contributed by atoms with Crippen molar-refractivity contribution in [2.75, 3.05) is 33.3 Å². The van der Waals surface area contributed by atoms with E-state index in [1.165, 1.54) is 12.7 Å². The molecule has 2 aliphatic heterocycles. The summed E-state index contributed by atoms with van der Waals surface area (Å²) in [6, 6.07) is 3.43. The molecule has 2 fully saturated rings. The summed E-state index contributed by atoms with van der Waals surface area (Å²) in [5, 5.41) is 3.07. The van der Waals surface area contributed by atoms with E-state index in [-0.39, 0.29) is 24.1 Å². The van der Waals surface area contributed by atoms with Gasteiger partial charge in [0.2, 0.25) is 0 Å². The Labute approximate surface area is 148 Å². The molecule has 2 aliphatic rings. The molecular weight excluding hydrogens is 322 g/mol. The SMILES string of the molecule is CN(CC1CCCCO1)C(=O)NC1CCN(C(=O)c2ccco2)CC1. The van der Waals surface area contributed by atoms with E-state index >= 15 is 0 Å². The van der Waals surface area contributed by atoms with Gasteiger partial charge in [-0.1, -0.05) is 0 Å². The van der Waals surface area contributed by atoms with Gasteiger partial charge in [-0.25, -0.2) is 4.79 Å². The number of urea groups is 1. The molecule has 0 bridgehead atoms. The zero-order valence-corrected chi connectivity index (χ0v) is 14.8. The maximum atomic E-state index is 12.4. The van der Waals surface area contributed by atoms with Crippen molar-refractivity contribution < 1.29 is 18.7 Å². The molecule has 0 aliphatic carbocycles. The Morgan fingerprint density at radius 3 is 2.72 bits per heavy atom. The van der Waals surface area contributed by atoms with E-state index in [4.69, 9.17) is 9.15 Å². The Hall–Kier alpha value is -2.02. The van der Waals surface area contributed by atoms with E-state index in [9.17, 15) is 9.59 Å². The number of carbonyl (C=O) groups excluding carboxylic acids is 2. The van der Waals surface area contributed by atoms with E-state index in [2.05, 4.69) is 5.32 Å². The van der Waals surface area contributed by atoms with Gasteiger partial charge >= 0.3 is 6.03 Å². The van der Waals surface area contributed by atoms with Gasteiger partial charge in [-0.05, 0) is 44.2 Å². The minimum absolute atomic E-state index is 0.0648. The molecule has 1 aromatic rings. The van der Waals surface area contributed by atoms with E-state index in [1.807, 2.05) is 7.05 Å². The van der Waals surface area contributed by atoms with Gasteiger partial charge in [0.15, 0.2) is 5.76 Å². The summed E-state index contributed by atoms with van der Waals surface area (Å²) in [4.78, 5) is 28.1. The van der Waals surface area contributed by atoms with Crippen LogP contribution >= 0.6 is 0 Å². The lowest BCUT2D eigenvalue weighted by molar-refractivity contribution is 0.00358. The fourth-order valence-corrected chi connectivity index (χ4v) is 3.41. The Morgan fingerprint density at radius 2 is 2.08 bits per heavy atom. The molecule has 0 aromatic carbocycles. The van der Waals surface area contributed by atoms with Crippen LogP contribution in [0.3, 0.4) is 0 Å². The molecule has 7 heteroatoms. The van der Waals surface area contributed by atoms with Crippen LogP contribution in [0.1, 0.15) is 42.7 Å². The highest BCUT2D eigenvalue weighted by molar-refractivity contribution is 5.91. The van der Waals surface area contributed by atoms with Crippen molar-refractivity contribution >= 4 is 11.9 Å². The quantitative estimate of drug-likeness (QED) is 0.903. The van der Waals surface area contributed by atoms with Crippen molar-refractivity contribution in [2.45, 2.75) is 44.2 Å². The maximum Gasteiger partial charge on any atom is 0.317 e. The van der Waals surface area contributed by atoms with Gasteiger partial charge in [0.05, 0.1) is 12.4 Å². The smallest absolute Gasteiger partial charge is 0.317 e. The molecule has 0 radical (unpaired) electrons. The molecule has 138 valence electrons. The van der Waals surface area contributed by atoms with Gasteiger partial charge in [0.1, 0.15) is 0 Å². The van der Waals surface area contributed by atoms with Crippen LogP contribution in [0, 0.1) is 0 Å². The molecule has 3 rings (SSSR count). The lowest BCUT2D eigenvalue weighted by Gasteiger charge is -2.33. The number of likely N-dealkylation sites (tertiary alicyclic amines) is 1. The van der Waals surface area contributed by atoms with E-state index in [0.29, 0.717) is 25.4 Å². The number of piperidine rings is 1. The first-order valence-corrected chi connectivity index (χ1v) is 9.09. The van der Waals surface area contributed by atoms with Gasteiger partial charge < -0.3 is 24.3 Å². The molecule has 0 saturated carbocycles. The van der Waals surface area contributed by atoms with Crippen LogP contribution in [-0.2, 0) is 4.74 Å². The standard InChI is InChI=1S/C18H27N3O4/c1-20(13-15-5-2-3-11-24-15)18(23)19-14-7-9-21(10-8-14)17(22)16-6-4-12-25-16/h4,6,12,14-15H,2-3,5,7-11,13H2,1H3,(H,19,23). The average Bonchev–Trinajstić information content (AvgIpc) is 3.17. The highest BCUT2D eigenvalue weighted by Gasteiger charge is 2.27. The monoisotopic (exact) mass is 349 g/mol. The molecular formula is C18H27N3O4. The highest BCUT2D eigenvalue weighted by atomic mass is 16.5. The van der Waals surface area contributed by atoms with Crippen molar-refractivity contribution in [1.82, 2.24) is 15.1 Å². The Bertz CT molecular complexity index is 561. The number of ether oxygens (including phenoxy) is 1. The Kier molecular flexibility index (Phi) is 5.96. The Morgan fingerprint density at radius 1 is 1.28 bits per heavy atom. The zero-order valence-electron chi connectivity index (χ0n) is 14.8. The number of carbonyl (C=O) groups is 2. The van der Waals surface area contributed by atoms with Crippen LogP contribution in [0.5, 0.6) is 0 Å². The summed E-state index contributed by atoms with van der Waals surface area (Å²) in [6.07, 6.45) is 6.47. The first-order chi connectivity index (χ1) is 12.1. The summed E-state index contributed by atoms with van der Waals surface area (Å²) in [5.74, 6) is 0.288. The molecule has 1 aromatic heterocycles. The van der Waals surface area contributed by atoms with Crippen LogP contribution in [0.25, 0.3) is 0 Å². The van der Waals surface area contributed by atoms with Gasteiger partial charge in [0, 0.05) is 39.3 Å². The number of furan rings is 1. The summed E-state index contributed by atoms with van der Waals surface area (Å²) in [5.41, 5.74) is 0. The number of hydrogen-bond acceptors (Lipinski definition) is 4. The number of amides is 3. The second-order valence-corrected chi connectivity index (χ2v) is 6.86. The van der Waals surface area contributed by atoms with Crippen LogP contribution < -0.4 is 5.32 Å². The number of likely N-dealkylation sites (N-methyl/N-ethyl adjacent to an activating group) is 1. The Balaban J connectivity index is 1.40. The summed E-state index contributed by atoms with van der Waals surface area (Å²) in [6.45, 7) is 2.67. The summed E-state index contributed by atoms with van der Waals surface area (Å²) < 4.78 is 10.9. The van der Waals surface area contributed by atoms with Crippen molar-refractivity contribution in [3.8, 4) is 0 Å². The van der Waals surface area contributed by atoms with Gasteiger partial charge in [-0.3, -0.25) is 4.79 Å². The predicted octanol–water partition coefficient (Wildman–Crippen LogP) is 2.09. The second kappa shape index (κ2) is 8.38. The molecule has 1 unspecified atom stereocenters. The third kappa shape index (κ3) is 4.75. The molecule has 3 amide bonds. The molecule has 0 spiro atoms. The van der Waals surface area contributed by atoms with Gasteiger partial charge in [-0.15, -0.1) is 0 Å². The molecule has 25 heavy (non-hydrogen) atoms. The topological polar surface area (TPSA) is 75.0 Å². The molecule has 3 heterocycles. The number of nitrogens with zero attached hydrogens (tertiary/aromatic N) is 2.